The number of nitrogens with zero attached hydrogens (tertiary/aromatic N) is 3. The van der Waals surface area contributed by atoms with E-state index >= 15 is 0 Å². The second-order valence-electron chi connectivity index (χ2n) is 7.85. The normalized spacial score (nSPS) is 14.8. The summed E-state index contributed by atoms with van der Waals surface area (Å²) in [5.74, 6) is -0.374. The van der Waals surface area contributed by atoms with Crippen molar-refractivity contribution in [2.24, 2.45) is 10.2 Å². The summed E-state index contributed by atoms with van der Waals surface area (Å²) in [6, 6.07) is 22.4. The molecule has 0 saturated carbocycles. The van der Waals surface area contributed by atoms with Gasteiger partial charge in [0, 0.05) is 37.7 Å². The summed E-state index contributed by atoms with van der Waals surface area (Å²) >= 11 is 0. The highest BCUT2D eigenvalue weighted by Gasteiger charge is 2.21. The minimum Gasteiger partial charge on any atom is -0.459 e. The van der Waals surface area contributed by atoms with Crippen LogP contribution in [0.1, 0.15) is 12.8 Å². The summed E-state index contributed by atoms with van der Waals surface area (Å²) in [4.78, 5) is 14.1. The van der Waals surface area contributed by atoms with E-state index in [1.165, 1.54) is 18.2 Å². The second-order valence-corrected chi connectivity index (χ2v) is 9.80. The fourth-order valence-corrected chi connectivity index (χ4v) is 5.00. The zero-order valence-corrected chi connectivity index (χ0v) is 19.4. The van der Waals surface area contributed by atoms with Crippen molar-refractivity contribution >= 4 is 32.9 Å². The molecule has 34 heavy (non-hydrogen) atoms. The summed E-state index contributed by atoms with van der Waals surface area (Å²) in [5.41, 5.74) is 2.33. The number of carbonyl (C=O) groups excluding carboxylic acids is 1. The molecule has 1 fully saturated rings. The topological polar surface area (TPSA) is 88.4 Å². The van der Waals surface area contributed by atoms with Gasteiger partial charge in [-0.3, -0.25) is 0 Å². The molecule has 1 saturated heterocycles. The van der Waals surface area contributed by atoms with Crippen LogP contribution in [0, 0.1) is 0 Å². The molecule has 8 heteroatoms. The zero-order chi connectivity index (χ0) is 24.0. The Bertz CT molecular complexity index is 1260. The molecule has 0 atom stereocenters. The Kier molecular flexibility index (Phi) is 7.18. The average Bonchev–Trinajstić information content (AvgIpc) is 2.89. The van der Waals surface area contributed by atoms with E-state index in [0.29, 0.717) is 11.4 Å². The highest BCUT2D eigenvalue weighted by molar-refractivity contribution is 7.91. The SMILES string of the molecule is C=CC(=O)OC1CCN(c2ccc(N=Nc3ccc(S(=O)(=O)c4ccccc4)cc3)cc2)CC1. The van der Waals surface area contributed by atoms with Crippen LogP contribution >= 0.6 is 0 Å². The molecule has 1 aliphatic heterocycles. The maximum Gasteiger partial charge on any atom is 0.330 e. The number of hydrogen-bond acceptors (Lipinski definition) is 7. The molecule has 7 nitrogen and oxygen atoms in total. The van der Waals surface area contributed by atoms with Crippen LogP contribution in [0.25, 0.3) is 0 Å². The van der Waals surface area contributed by atoms with Crippen LogP contribution in [0.2, 0.25) is 0 Å². The molecular formula is C26H25N3O4S. The number of piperidine rings is 1. The van der Waals surface area contributed by atoms with Crippen LogP contribution in [0.5, 0.6) is 0 Å². The number of esters is 1. The third kappa shape index (κ3) is 5.58. The highest BCUT2D eigenvalue weighted by atomic mass is 32.2. The van der Waals surface area contributed by atoms with Gasteiger partial charge in [-0.25, -0.2) is 13.2 Å². The smallest absolute Gasteiger partial charge is 0.330 e. The van der Waals surface area contributed by atoms with Gasteiger partial charge in [0.2, 0.25) is 9.84 Å². The van der Waals surface area contributed by atoms with Gasteiger partial charge in [0.25, 0.3) is 0 Å². The molecule has 1 aliphatic rings. The Morgan fingerprint density at radius 3 is 1.94 bits per heavy atom. The lowest BCUT2D eigenvalue weighted by molar-refractivity contribution is -0.143. The zero-order valence-electron chi connectivity index (χ0n) is 18.6. The molecule has 0 N–H and O–H groups in total. The number of carbonyl (C=O) groups is 1. The molecular weight excluding hydrogens is 450 g/mol. The van der Waals surface area contributed by atoms with Crippen LogP contribution in [0.15, 0.2) is 112 Å². The van der Waals surface area contributed by atoms with Gasteiger partial charge in [0.05, 0.1) is 21.2 Å². The van der Waals surface area contributed by atoms with Crippen molar-refractivity contribution in [3.05, 3.63) is 91.5 Å². The van der Waals surface area contributed by atoms with Crippen molar-refractivity contribution in [2.75, 3.05) is 18.0 Å². The number of anilines is 1. The molecule has 4 rings (SSSR count). The molecule has 0 aliphatic carbocycles. The van der Waals surface area contributed by atoms with Crippen LogP contribution in [-0.2, 0) is 19.4 Å². The monoisotopic (exact) mass is 475 g/mol. The summed E-state index contributed by atoms with van der Waals surface area (Å²) < 4.78 is 30.7. The molecule has 3 aromatic carbocycles. The number of ether oxygens (including phenoxy) is 1. The predicted molar refractivity (Wildman–Crippen MR) is 130 cm³/mol. The predicted octanol–water partition coefficient (Wildman–Crippen LogP) is 5.63. The first-order valence-corrected chi connectivity index (χ1v) is 12.4. The van der Waals surface area contributed by atoms with Gasteiger partial charge in [-0.15, -0.1) is 0 Å². The van der Waals surface area contributed by atoms with E-state index < -0.39 is 9.84 Å². The fourth-order valence-electron chi connectivity index (χ4n) is 3.72. The van der Waals surface area contributed by atoms with Gasteiger partial charge in [0.15, 0.2) is 0 Å². The Labute approximate surface area is 199 Å². The lowest BCUT2D eigenvalue weighted by atomic mass is 10.1. The first kappa shape index (κ1) is 23.4. The molecule has 0 amide bonds. The van der Waals surface area contributed by atoms with Crippen LogP contribution < -0.4 is 4.90 Å². The van der Waals surface area contributed by atoms with Crippen molar-refractivity contribution < 1.29 is 17.9 Å². The van der Waals surface area contributed by atoms with Gasteiger partial charge in [0.1, 0.15) is 6.10 Å². The number of benzene rings is 3. The van der Waals surface area contributed by atoms with E-state index in [-0.39, 0.29) is 21.9 Å². The fraction of sp³-hybridized carbons (Fsp3) is 0.192. The standard InChI is InChI=1S/C26H25N3O4S/c1-2-26(30)33-23-16-18-29(19-17-23)22-12-8-20(9-13-22)27-28-21-10-14-25(15-11-21)34(31,32)24-6-4-3-5-7-24/h2-15,23H,1,16-19H2. The van der Waals surface area contributed by atoms with E-state index in [0.717, 1.165) is 31.6 Å². The third-order valence-electron chi connectivity index (χ3n) is 5.59. The van der Waals surface area contributed by atoms with Gasteiger partial charge in [-0.2, -0.15) is 10.2 Å². The molecule has 3 aromatic rings. The first-order valence-electron chi connectivity index (χ1n) is 11.0. The van der Waals surface area contributed by atoms with Crippen LogP contribution in [0.4, 0.5) is 17.1 Å². The Balaban J connectivity index is 1.36. The largest absolute Gasteiger partial charge is 0.459 e. The third-order valence-corrected chi connectivity index (χ3v) is 7.37. The van der Waals surface area contributed by atoms with Crippen molar-refractivity contribution in [2.45, 2.75) is 28.7 Å². The van der Waals surface area contributed by atoms with Gasteiger partial charge in [-0.05, 0) is 60.7 Å². The number of rotatable bonds is 7. The summed E-state index contributed by atoms with van der Waals surface area (Å²) in [7, 11) is -3.56. The van der Waals surface area contributed by atoms with Crippen molar-refractivity contribution in [3.63, 3.8) is 0 Å². The second kappa shape index (κ2) is 10.4. The Morgan fingerprint density at radius 2 is 1.38 bits per heavy atom. The molecule has 0 spiro atoms. The van der Waals surface area contributed by atoms with Crippen LogP contribution in [0.3, 0.4) is 0 Å². The van der Waals surface area contributed by atoms with E-state index in [2.05, 4.69) is 21.7 Å². The summed E-state index contributed by atoms with van der Waals surface area (Å²) in [5, 5.41) is 8.48. The Hall–Kier alpha value is -3.78. The van der Waals surface area contributed by atoms with Gasteiger partial charge in [-0.1, -0.05) is 24.8 Å². The molecule has 0 aromatic heterocycles. The molecule has 0 radical (unpaired) electrons. The van der Waals surface area contributed by atoms with E-state index in [9.17, 15) is 13.2 Å². The maximum atomic E-state index is 12.7. The molecule has 1 heterocycles. The molecule has 0 bridgehead atoms. The number of sulfone groups is 1. The summed E-state index contributed by atoms with van der Waals surface area (Å²) in [6.45, 7) is 5.03. The van der Waals surface area contributed by atoms with Crippen molar-refractivity contribution in [1.82, 2.24) is 0 Å². The molecule has 0 unspecified atom stereocenters. The van der Waals surface area contributed by atoms with E-state index in [4.69, 9.17) is 4.74 Å². The van der Waals surface area contributed by atoms with Crippen molar-refractivity contribution in [3.8, 4) is 0 Å². The lowest BCUT2D eigenvalue weighted by Gasteiger charge is -2.33. The quantitative estimate of drug-likeness (QED) is 0.251. The Morgan fingerprint density at radius 1 is 0.853 bits per heavy atom. The maximum absolute atomic E-state index is 12.7. The van der Waals surface area contributed by atoms with Crippen molar-refractivity contribution in [1.29, 1.82) is 0 Å². The minimum absolute atomic E-state index is 0.0658. The van der Waals surface area contributed by atoms with Gasteiger partial charge >= 0.3 is 5.97 Å². The van der Waals surface area contributed by atoms with E-state index in [1.54, 1.807) is 42.5 Å². The number of azo groups is 1. The molecule has 174 valence electrons. The number of hydrogen-bond donors (Lipinski definition) is 0. The van der Waals surface area contributed by atoms with E-state index in [1.807, 2.05) is 24.3 Å². The van der Waals surface area contributed by atoms with Gasteiger partial charge < -0.3 is 9.64 Å². The lowest BCUT2D eigenvalue weighted by Crippen LogP contribution is -2.37. The highest BCUT2D eigenvalue weighted by Crippen LogP contribution is 2.27. The minimum atomic E-state index is -3.56. The first-order chi connectivity index (χ1) is 16.5. The summed E-state index contributed by atoms with van der Waals surface area (Å²) in [6.07, 6.45) is 2.68. The average molecular weight is 476 g/mol. The van der Waals surface area contributed by atoms with Crippen LogP contribution in [-0.4, -0.2) is 33.6 Å².